The first-order chi connectivity index (χ1) is 9.18. The molecule has 2 fully saturated rings. The molecule has 4 nitrogen and oxygen atoms in total. The molecule has 0 spiro atoms. The maximum atomic E-state index is 9.47. The summed E-state index contributed by atoms with van der Waals surface area (Å²) in [5.74, 6) is 0.502. The fourth-order valence-electron chi connectivity index (χ4n) is 3.68. The molecule has 0 bridgehead atoms. The van der Waals surface area contributed by atoms with Gasteiger partial charge in [0.1, 0.15) is 0 Å². The first kappa shape index (κ1) is 15.2. The molecule has 19 heavy (non-hydrogen) atoms. The topological polar surface area (TPSA) is 58.7 Å². The Balaban J connectivity index is 1.69. The van der Waals surface area contributed by atoms with E-state index in [9.17, 15) is 5.11 Å². The number of aliphatic hydroxyl groups is 1. The summed E-state index contributed by atoms with van der Waals surface area (Å²) in [6.07, 6.45) is 7.27. The van der Waals surface area contributed by atoms with E-state index < -0.39 is 0 Å². The molecule has 2 aliphatic rings. The molecule has 0 aromatic rings. The standard InChI is InChI=1S/C15H30N2O2/c1-2-19-14-6-10-17(11-7-14)9-5-13-4-3-8-15(13,16)12-18/h13-14,18H,2-12,16H2,1H3. The number of hydrogen-bond acceptors (Lipinski definition) is 4. The molecular formula is C15H30N2O2. The summed E-state index contributed by atoms with van der Waals surface area (Å²) in [5.41, 5.74) is 5.99. The van der Waals surface area contributed by atoms with Crippen LogP contribution in [0.2, 0.25) is 0 Å². The molecule has 1 aliphatic heterocycles. The zero-order valence-corrected chi connectivity index (χ0v) is 12.3. The molecule has 112 valence electrons. The van der Waals surface area contributed by atoms with Crippen molar-refractivity contribution >= 4 is 0 Å². The fourth-order valence-corrected chi connectivity index (χ4v) is 3.68. The van der Waals surface area contributed by atoms with E-state index in [4.69, 9.17) is 10.5 Å². The zero-order chi connectivity index (χ0) is 13.7. The number of aliphatic hydroxyl groups excluding tert-OH is 1. The smallest absolute Gasteiger partial charge is 0.0613 e. The highest BCUT2D eigenvalue weighted by Gasteiger charge is 2.38. The van der Waals surface area contributed by atoms with Gasteiger partial charge in [0.2, 0.25) is 0 Å². The van der Waals surface area contributed by atoms with Gasteiger partial charge in [0.25, 0.3) is 0 Å². The van der Waals surface area contributed by atoms with Crippen LogP contribution in [0.5, 0.6) is 0 Å². The number of nitrogens with two attached hydrogens (primary N) is 1. The number of hydrogen-bond donors (Lipinski definition) is 2. The van der Waals surface area contributed by atoms with Crippen molar-refractivity contribution in [2.45, 2.75) is 57.1 Å². The lowest BCUT2D eigenvalue weighted by molar-refractivity contribution is 0.0123. The van der Waals surface area contributed by atoms with E-state index in [2.05, 4.69) is 11.8 Å². The van der Waals surface area contributed by atoms with E-state index in [1.807, 2.05) is 0 Å². The van der Waals surface area contributed by atoms with Gasteiger partial charge < -0.3 is 20.5 Å². The van der Waals surface area contributed by atoms with E-state index in [0.717, 1.165) is 51.9 Å². The van der Waals surface area contributed by atoms with Crippen molar-refractivity contribution in [1.82, 2.24) is 4.90 Å². The summed E-state index contributed by atoms with van der Waals surface area (Å²) < 4.78 is 5.68. The molecule has 0 aromatic carbocycles. The predicted molar refractivity (Wildman–Crippen MR) is 77.1 cm³/mol. The van der Waals surface area contributed by atoms with Crippen molar-refractivity contribution < 1.29 is 9.84 Å². The predicted octanol–water partition coefficient (Wildman–Crippen LogP) is 1.37. The van der Waals surface area contributed by atoms with Crippen LogP contribution in [0, 0.1) is 5.92 Å². The van der Waals surface area contributed by atoms with E-state index in [1.165, 1.54) is 12.8 Å². The van der Waals surface area contributed by atoms with Gasteiger partial charge in [0.05, 0.1) is 12.7 Å². The van der Waals surface area contributed by atoms with Crippen molar-refractivity contribution in [3.05, 3.63) is 0 Å². The minimum atomic E-state index is -0.302. The van der Waals surface area contributed by atoms with Gasteiger partial charge in [-0.1, -0.05) is 6.42 Å². The molecule has 2 unspecified atom stereocenters. The maximum Gasteiger partial charge on any atom is 0.0613 e. The van der Waals surface area contributed by atoms with Crippen LogP contribution in [-0.2, 0) is 4.74 Å². The third kappa shape index (κ3) is 3.91. The second-order valence-corrected chi connectivity index (χ2v) is 6.27. The van der Waals surface area contributed by atoms with Crippen molar-refractivity contribution in [1.29, 1.82) is 0 Å². The van der Waals surface area contributed by atoms with Crippen molar-refractivity contribution in [3.63, 3.8) is 0 Å². The lowest BCUT2D eigenvalue weighted by Gasteiger charge is -2.34. The van der Waals surface area contributed by atoms with Gasteiger partial charge in [0, 0.05) is 25.2 Å². The molecular weight excluding hydrogens is 240 g/mol. The quantitative estimate of drug-likeness (QED) is 0.765. The number of nitrogens with zero attached hydrogens (tertiary/aromatic N) is 1. The largest absolute Gasteiger partial charge is 0.394 e. The zero-order valence-electron chi connectivity index (χ0n) is 12.3. The highest BCUT2D eigenvalue weighted by atomic mass is 16.5. The van der Waals surface area contributed by atoms with Gasteiger partial charge in [-0.2, -0.15) is 0 Å². The molecule has 1 aliphatic carbocycles. The van der Waals surface area contributed by atoms with Crippen LogP contribution in [0.25, 0.3) is 0 Å². The van der Waals surface area contributed by atoms with Gasteiger partial charge in [-0.3, -0.25) is 0 Å². The van der Waals surface area contributed by atoms with Crippen LogP contribution < -0.4 is 5.73 Å². The molecule has 2 atom stereocenters. The van der Waals surface area contributed by atoms with E-state index in [0.29, 0.717) is 12.0 Å². The molecule has 0 aromatic heterocycles. The number of ether oxygens (including phenoxy) is 1. The van der Waals surface area contributed by atoms with E-state index in [1.54, 1.807) is 0 Å². The SMILES string of the molecule is CCOC1CCN(CCC2CCCC2(N)CO)CC1. The van der Waals surface area contributed by atoms with Gasteiger partial charge in [-0.15, -0.1) is 0 Å². The maximum absolute atomic E-state index is 9.47. The van der Waals surface area contributed by atoms with Crippen molar-refractivity contribution in [3.8, 4) is 0 Å². The minimum Gasteiger partial charge on any atom is -0.394 e. The summed E-state index contributed by atoms with van der Waals surface area (Å²) in [5, 5.41) is 9.47. The lowest BCUT2D eigenvalue weighted by Crippen LogP contribution is -2.48. The van der Waals surface area contributed by atoms with E-state index in [-0.39, 0.29) is 12.1 Å². The first-order valence-electron chi connectivity index (χ1n) is 7.91. The van der Waals surface area contributed by atoms with Gasteiger partial charge in [-0.05, 0) is 51.5 Å². The van der Waals surface area contributed by atoms with Crippen LogP contribution in [0.4, 0.5) is 0 Å². The Morgan fingerprint density at radius 2 is 2.05 bits per heavy atom. The molecule has 4 heteroatoms. The number of rotatable bonds is 6. The monoisotopic (exact) mass is 270 g/mol. The van der Waals surface area contributed by atoms with Crippen molar-refractivity contribution in [2.24, 2.45) is 11.7 Å². The molecule has 0 radical (unpaired) electrons. The highest BCUT2D eigenvalue weighted by Crippen LogP contribution is 2.35. The summed E-state index contributed by atoms with van der Waals surface area (Å²) in [4.78, 5) is 2.53. The Bertz CT molecular complexity index is 267. The van der Waals surface area contributed by atoms with Crippen LogP contribution in [0.1, 0.15) is 45.4 Å². The molecule has 0 amide bonds. The third-order valence-corrected chi connectivity index (χ3v) is 5.03. The average molecular weight is 270 g/mol. The Labute approximate surface area is 117 Å². The fraction of sp³-hybridized carbons (Fsp3) is 1.00. The van der Waals surface area contributed by atoms with Crippen LogP contribution in [-0.4, -0.2) is 54.5 Å². The van der Waals surface area contributed by atoms with Crippen LogP contribution in [0.15, 0.2) is 0 Å². The second-order valence-electron chi connectivity index (χ2n) is 6.27. The van der Waals surface area contributed by atoms with Crippen molar-refractivity contribution in [2.75, 3.05) is 32.8 Å². The Morgan fingerprint density at radius 3 is 2.68 bits per heavy atom. The lowest BCUT2D eigenvalue weighted by atomic mass is 9.86. The Kier molecular flexibility index (Phi) is 5.63. The van der Waals surface area contributed by atoms with E-state index >= 15 is 0 Å². The Hall–Kier alpha value is -0.160. The highest BCUT2D eigenvalue weighted by molar-refractivity contribution is 4.96. The summed E-state index contributed by atoms with van der Waals surface area (Å²) in [6, 6.07) is 0. The second kappa shape index (κ2) is 7.02. The third-order valence-electron chi connectivity index (χ3n) is 5.03. The van der Waals surface area contributed by atoms with Gasteiger partial charge >= 0.3 is 0 Å². The minimum absolute atomic E-state index is 0.143. The summed E-state index contributed by atoms with van der Waals surface area (Å²) in [6.45, 7) is 6.47. The molecule has 1 saturated carbocycles. The Morgan fingerprint density at radius 1 is 1.32 bits per heavy atom. The number of piperidine rings is 1. The van der Waals surface area contributed by atoms with Crippen LogP contribution in [0.3, 0.4) is 0 Å². The van der Waals surface area contributed by atoms with Gasteiger partial charge in [-0.25, -0.2) is 0 Å². The summed E-state index contributed by atoms with van der Waals surface area (Å²) in [7, 11) is 0. The molecule has 2 rings (SSSR count). The molecule has 1 saturated heterocycles. The molecule has 1 heterocycles. The normalized spacial score (nSPS) is 33.9. The molecule has 3 N–H and O–H groups in total. The first-order valence-corrected chi connectivity index (χ1v) is 7.91. The van der Waals surface area contributed by atoms with Gasteiger partial charge in [0.15, 0.2) is 0 Å². The van der Waals surface area contributed by atoms with Crippen LogP contribution >= 0.6 is 0 Å². The number of likely N-dealkylation sites (tertiary alicyclic amines) is 1. The average Bonchev–Trinajstić information content (AvgIpc) is 2.80. The summed E-state index contributed by atoms with van der Waals surface area (Å²) >= 11 is 0.